The Hall–Kier alpha value is -3.95. The Bertz CT molecular complexity index is 1500. The van der Waals surface area contributed by atoms with Gasteiger partial charge < -0.3 is 10.2 Å². The summed E-state index contributed by atoms with van der Waals surface area (Å²) >= 11 is 5.55. The van der Waals surface area contributed by atoms with E-state index in [1.807, 2.05) is 0 Å². The summed E-state index contributed by atoms with van der Waals surface area (Å²) < 4.78 is 162. The van der Waals surface area contributed by atoms with Gasteiger partial charge in [0.1, 0.15) is 11.6 Å². The molecule has 0 heterocycles. The Kier molecular flexibility index (Phi) is 8.56. The second kappa shape index (κ2) is 11.0. The normalized spacial score (nSPS) is 12.7. The van der Waals surface area contributed by atoms with Crippen molar-refractivity contribution in [3.05, 3.63) is 93.5 Å². The number of hydrogen-bond acceptors (Lipinski definition) is 2. The molecule has 1 N–H and O–H groups in total. The average Bonchev–Trinajstić information content (AvgIpc) is 2.87. The topological polar surface area (TPSA) is 49.4 Å². The number of rotatable bonds is 5. The zero-order chi connectivity index (χ0) is 32.0. The van der Waals surface area contributed by atoms with Crippen molar-refractivity contribution in [2.75, 3.05) is 17.3 Å². The number of carbonyl (C=O) groups is 2. The first-order valence-corrected chi connectivity index (χ1v) is 11.4. The average molecular weight is 637 g/mol. The molecule has 2 amide bonds. The molecule has 0 aromatic heterocycles. The lowest BCUT2D eigenvalue weighted by molar-refractivity contribution is -0.348. The number of nitrogens with one attached hydrogen (secondary N) is 1. The van der Waals surface area contributed by atoms with Crippen molar-refractivity contribution < 1.29 is 62.3 Å². The number of benzene rings is 3. The van der Waals surface area contributed by atoms with E-state index in [0.717, 1.165) is 37.4 Å². The van der Waals surface area contributed by atoms with Gasteiger partial charge in [0.15, 0.2) is 0 Å². The van der Waals surface area contributed by atoms with Gasteiger partial charge in [-0.05, 0) is 54.6 Å². The number of amides is 2. The van der Waals surface area contributed by atoms with Gasteiger partial charge in [0.2, 0.25) is 0 Å². The second-order valence-electron chi connectivity index (χ2n) is 8.52. The minimum atomic E-state index is -6.76. The smallest absolute Gasteiger partial charge is 0.320 e. The van der Waals surface area contributed by atoms with Gasteiger partial charge in [0.25, 0.3) is 11.8 Å². The number of nitrogens with zero attached hydrogens (tertiary/aromatic N) is 1. The van der Waals surface area contributed by atoms with E-state index in [1.165, 1.54) is 0 Å². The van der Waals surface area contributed by atoms with Crippen LogP contribution in [0.25, 0.3) is 0 Å². The van der Waals surface area contributed by atoms with Gasteiger partial charge in [0, 0.05) is 23.7 Å². The molecule has 4 nitrogen and oxygen atoms in total. The van der Waals surface area contributed by atoms with Gasteiger partial charge in [-0.3, -0.25) is 9.59 Å². The molecule has 3 aromatic rings. The van der Waals surface area contributed by atoms with E-state index in [1.54, 1.807) is 5.32 Å². The second-order valence-corrected chi connectivity index (χ2v) is 8.93. The molecule has 17 heteroatoms. The molecule has 3 rings (SSSR count). The Morgan fingerprint density at radius 2 is 1.29 bits per heavy atom. The van der Waals surface area contributed by atoms with Gasteiger partial charge >= 0.3 is 24.2 Å². The van der Waals surface area contributed by atoms with Crippen LogP contribution in [-0.2, 0) is 11.8 Å². The molecule has 42 heavy (non-hydrogen) atoms. The van der Waals surface area contributed by atoms with Crippen molar-refractivity contribution in [1.82, 2.24) is 0 Å². The predicted molar refractivity (Wildman–Crippen MR) is 125 cm³/mol. The summed E-state index contributed by atoms with van der Waals surface area (Å²) in [7, 11) is 1.04. The quantitative estimate of drug-likeness (QED) is 0.286. The van der Waals surface area contributed by atoms with E-state index < -0.39 is 86.8 Å². The monoisotopic (exact) mass is 636 g/mol. The molecule has 0 aliphatic carbocycles. The molecule has 0 radical (unpaired) electrons. The van der Waals surface area contributed by atoms with Crippen LogP contribution in [0, 0.1) is 11.6 Å². The van der Waals surface area contributed by atoms with Crippen molar-refractivity contribution in [2.24, 2.45) is 0 Å². The predicted octanol–water partition coefficient (Wildman–Crippen LogP) is 8.46. The summed E-state index contributed by atoms with van der Waals surface area (Å²) in [5, 5.41) is 0.0205. The molecule has 3 aromatic carbocycles. The highest BCUT2D eigenvalue weighted by Crippen LogP contribution is 2.55. The first kappa shape index (κ1) is 32.6. The summed E-state index contributed by atoms with van der Waals surface area (Å²) in [5.74, 6) is -4.25. The van der Waals surface area contributed by atoms with Gasteiger partial charge in [-0.1, -0.05) is 11.6 Å². The summed E-state index contributed by atoms with van der Waals surface area (Å²) in [6.45, 7) is 0. The fourth-order valence-corrected chi connectivity index (χ4v) is 3.90. The highest BCUT2D eigenvalue weighted by Gasteiger charge is 2.73. The van der Waals surface area contributed by atoms with Crippen molar-refractivity contribution in [1.29, 1.82) is 0 Å². The zero-order valence-corrected chi connectivity index (χ0v) is 21.1. The van der Waals surface area contributed by atoms with Crippen LogP contribution in [0.15, 0.2) is 54.6 Å². The molecule has 0 spiro atoms. The number of alkyl halides is 10. The number of anilines is 2. The highest BCUT2D eigenvalue weighted by atomic mass is 35.5. The third-order valence-corrected chi connectivity index (χ3v) is 6.08. The van der Waals surface area contributed by atoms with Crippen LogP contribution in [0.5, 0.6) is 0 Å². The van der Waals surface area contributed by atoms with E-state index in [-0.39, 0.29) is 11.6 Å². The van der Waals surface area contributed by atoms with Crippen molar-refractivity contribution in [3.63, 3.8) is 0 Å². The van der Waals surface area contributed by atoms with E-state index in [2.05, 4.69) is 0 Å². The molecular formula is C25H13ClF12N2O2. The van der Waals surface area contributed by atoms with Gasteiger partial charge in [-0.25, -0.2) is 13.2 Å². The number of hydrogen-bond donors (Lipinski definition) is 1. The van der Waals surface area contributed by atoms with Crippen LogP contribution in [0.4, 0.5) is 64.1 Å². The third kappa shape index (κ3) is 6.12. The van der Waals surface area contributed by atoms with Crippen LogP contribution in [0.2, 0.25) is 5.02 Å². The highest BCUT2D eigenvalue weighted by molar-refractivity contribution is 6.34. The molecular weight excluding hydrogens is 624 g/mol. The van der Waals surface area contributed by atoms with Gasteiger partial charge in [-0.15, -0.1) is 0 Å². The standard InChI is InChI=1S/C25H13ClF12N2O2/c1-40(21(42)11-2-5-14(27)6-3-11)18-8-12(4-7-17(18)28)20(41)39-19-15(23(30,31)32)9-13(10-16(19)26)22(29,24(33,34)35)25(36,37)38/h2-10H,1H3,(H,39,41). The van der Waals surface area contributed by atoms with Crippen LogP contribution >= 0.6 is 11.6 Å². The molecule has 226 valence electrons. The molecule has 0 atom stereocenters. The summed E-state index contributed by atoms with van der Waals surface area (Å²) in [5.41, 5.74) is -14.1. The van der Waals surface area contributed by atoms with Crippen LogP contribution in [-0.4, -0.2) is 31.2 Å². The molecule has 0 fully saturated rings. The fourth-order valence-electron chi connectivity index (χ4n) is 3.64. The number of halogens is 13. The Labute approximate surface area is 232 Å². The maximum atomic E-state index is 14.5. The summed E-state index contributed by atoms with van der Waals surface area (Å²) in [6, 6.07) is 4.80. The van der Waals surface area contributed by atoms with Crippen molar-refractivity contribution >= 4 is 34.8 Å². The Morgan fingerprint density at radius 3 is 1.79 bits per heavy atom. The van der Waals surface area contributed by atoms with E-state index in [9.17, 15) is 62.3 Å². The third-order valence-electron chi connectivity index (χ3n) is 5.78. The molecule has 0 bridgehead atoms. The SMILES string of the molecule is CN(C(=O)c1ccc(F)cc1)c1cc(C(=O)Nc2c(Cl)cc(C(F)(C(F)(F)F)C(F)(F)F)cc2C(F)(F)F)ccc1F. The molecule has 0 saturated heterocycles. The lowest BCUT2D eigenvalue weighted by Gasteiger charge is -2.31. The van der Waals surface area contributed by atoms with E-state index in [4.69, 9.17) is 11.6 Å². The Balaban J connectivity index is 2.06. The summed E-state index contributed by atoms with van der Waals surface area (Å²) in [4.78, 5) is 26.1. The first-order valence-electron chi connectivity index (χ1n) is 11.0. The lowest BCUT2D eigenvalue weighted by atomic mass is 9.91. The van der Waals surface area contributed by atoms with Gasteiger partial charge in [-0.2, -0.15) is 39.5 Å². The minimum Gasteiger partial charge on any atom is -0.320 e. The van der Waals surface area contributed by atoms with Crippen molar-refractivity contribution in [3.8, 4) is 0 Å². The van der Waals surface area contributed by atoms with Crippen LogP contribution in [0.1, 0.15) is 31.8 Å². The fraction of sp³-hybridized carbons (Fsp3) is 0.200. The van der Waals surface area contributed by atoms with E-state index in [0.29, 0.717) is 17.0 Å². The lowest BCUT2D eigenvalue weighted by Crippen LogP contribution is -2.50. The number of carbonyl (C=O) groups excluding carboxylic acids is 2. The zero-order valence-electron chi connectivity index (χ0n) is 20.4. The van der Waals surface area contributed by atoms with E-state index >= 15 is 0 Å². The van der Waals surface area contributed by atoms with Crippen molar-refractivity contribution in [2.45, 2.75) is 24.2 Å². The van der Waals surface area contributed by atoms with Crippen LogP contribution < -0.4 is 10.2 Å². The maximum absolute atomic E-state index is 14.5. The minimum absolute atomic E-state index is 0.128. The first-order chi connectivity index (χ1) is 19.1. The van der Waals surface area contributed by atoms with Crippen LogP contribution in [0.3, 0.4) is 0 Å². The maximum Gasteiger partial charge on any atom is 0.435 e. The Morgan fingerprint density at radius 1 is 0.762 bits per heavy atom. The van der Waals surface area contributed by atoms with Gasteiger partial charge in [0.05, 0.1) is 22.0 Å². The largest absolute Gasteiger partial charge is 0.435 e. The molecule has 0 aliphatic heterocycles. The molecule has 0 unspecified atom stereocenters. The summed E-state index contributed by atoms with van der Waals surface area (Å²) in [6.07, 6.45) is -19.3. The molecule has 0 aliphatic rings. The molecule has 0 saturated carbocycles.